The highest BCUT2D eigenvalue weighted by Crippen LogP contribution is 2.20. The van der Waals surface area contributed by atoms with Crippen LogP contribution in [0.1, 0.15) is 26.3 Å². The maximum Gasteiger partial charge on any atom is 0.342 e. The topological polar surface area (TPSA) is 64.9 Å². The minimum atomic E-state index is 0.0381. The van der Waals surface area contributed by atoms with Crippen LogP contribution in [0.4, 0.5) is 0 Å². The number of aromatic nitrogens is 4. The summed E-state index contributed by atoms with van der Waals surface area (Å²) in [6, 6.07) is 4.17. The van der Waals surface area contributed by atoms with Crippen LogP contribution in [-0.2, 0) is 13.6 Å². The molecule has 6 nitrogen and oxygen atoms in total. The molecule has 102 valence electrons. The maximum absolute atomic E-state index is 5.60. The Morgan fingerprint density at radius 3 is 2.74 bits per heavy atom. The first-order valence-electron chi connectivity index (χ1n) is 6.16. The minimum Gasteiger partial charge on any atom is -0.404 e. The van der Waals surface area contributed by atoms with E-state index < -0.39 is 0 Å². The van der Waals surface area contributed by atoms with Crippen LogP contribution < -0.4 is 10.1 Å². The number of aryl methyl sites for hydroxylation is 1. The van der Waals surface area contributed by atoms with Crippen molar-refractivity contribution in [1.82, 2.24) is 25.1 Å². The molecule has 0 amide bonds. The molecule has 0 aliphatic rings. The van der Waals surface area contributed by atoms with Gasteiger partial charge in [-0.1, -0.05) is 6.07 Å². The normalized spacial score (nSPS) is 11.6. The maximum atomic E-state index is 5.60. The summed E-state index contributed by atoms with van der Waals surface area (Å²) < 4.78 is 7.19. The molecule has 0 unspecified atom stereocenters. The van der Waals surface area contributed by atoms with Gasteiger partial charge < -0.3 is 10.1 Å². The van der Waals surface area contributed by atoms with Gasteiger partial charge in [0.25, 0.3) is 0 Å². The minimum absolute atomic E-state index is 0.0381. The molecule has 0 aliphatic heterocycles. The zero-order chi connectivity index (χ0) is 13.9. The summed E-state index contributed by atoms with van der Waals surface area (Å²) in [5.41, 5.74) is 1.01. The Morgan fingerprint density at radius 1 is 1.32 bits per heavy atom. The van der Waals surface area contributed by atoms with Crippen LogP contribution in [0, 0.1) is 0 Å². The van der Waals surface area contributed by atoms with Gasteiger partial charge in [-0.3, -0.25) is 4.68 Å². The SMILES string of the molecule is Cn1cnc(Oc2ncccc2CNC(C)(C)C)n1. The van der Waals surface area contributed by atoms with Gasteiger partial charge in [-0.2, -0.15) is 4.98 Å². The second-order valence-electron chi connectivity index (χ2n) is 5.37. The molecule has 0 saturated heterocycles. The number of nitrogens with one attached hydrogen (secondary N) is 1. The molecular weight excluding hydrogens is 242 g/mol. The quantitative estimate of drug-likeness (QED) is 0.910. The Balaban J connectivity index is 2.12. The zero-order valence-corrected chi connectivity index (χ0v) is 11.7. The van der Waals surface area contributed by atoms with Crippen molar-refractivity contribution >= 4 is 0 Å². The van der Waals surface area contributed by atoms with Gasteiger partial charge >= 0.3 is 6.01 Å². The van der Waals surface area contributed by atoms with E-state index in [2.05, 4.69) is 41.2 Å². The molecule has 0 spiro atoms. The number of hydrogen-bond acceptors (Lipinski definition) is 5. The lowest BCUT2D eigenvalue weighted by atomic mass is 10.1. The fraction of sp³-hybridized carbons (Fsp3) is 0.462. The van der Waals surface area contributed by atoms with Gasteiger partial charge in [0, 0.05) is 30.9 Å². The molecule has 0 saturated carbocycles. The van der Waals surface area contributed by atoms with Crippen molar-refractivity contribution < 1.29 is 4.74 Å². The average molecular weight is 261 g/mol. The van der Waals surface area contributed by atoms with Crippen LogP contribution in [0.25, 0.3) is 0 Å². The number of rotatable bonds is 4. The molecule has 0 radical (unpaired) electrons. The predicted octanol–water partition coefficient (Wildman–Crippen LogP) is 1.89. The van der Waals surface area contributed by atoms with E-state index in [1.807, 2.05) is 12.1 Å². The van der Waals surface area contributed by atoms with Gasteiger partial charge in [0.15, 0.2) is 0 Å². The van der Waals surface area contributed by atoms with E-state index in [1.54, 1.807) is 24.3 Å². The van der Waals surface area contributed by atoms with Gasteiger partial charge in [-0.15, -0.1) is 5.10 Å². The van der Waals surface area contributed by atoms with Crippen molar-refractivity contribution in [2.45, 2.75) is 32.9 Å². The third-order valence-electron chi connectivity index (χ3n) is 2.43. The van der Waals surface area contributed by atoms with Gasteiger partial charge in [-0.25, -0.2) is 4.98 Å². The van der Waals surface area contributed by atoms with Crippen LogP contribution in [0.5, 0.6) is 11.9 Å². The van der Waals surface area contributed by atoms with Crippen molar-refractivity contribution in [3.05, 3.63) is 30.2 Å². The first-order chi connectivity index (χ1) is 8.94. The molecule has 2 aromatic heterocycles. The van der Waals surface area contributed by atoms with Crippen LogP contribution >= 0.6 is 0 Å². The van der Waals surface area contributed by atoms with E-state index in [9.17, 15) is 0 Å². The highest BCUT2D eigenvalue weighted by atomic mass is 16.5. The number of nitrogens with zero attached hydrogens (tertiary/aromatic N) is 4. The van der Waals surface area contributed by atoms with Crippen molar-refractivity contribution in [2.24, 2.45) is 7.05 Å². The average Bonchev–Trinajstić information content (AvgIpc) is 2.73. The number of hydrogen-bond donors (Lipinski definition) is 1. The third kappa shape index (κ3) is 4.03. The van der Waals surface area contributed by atoms with Crippen LogP contribution in [0.2, 0.25) is 0 Å². The Labute approximate surface area is 112 Å². The van der Waals surface area contributed by atoms with Crippen molar-refractivity contribution in [1.29, 1.82) is 0 Å². The third-order valence-corrected chi connectivity index (χ3v) is 2.43. The molecule has 2 rings (SSSR count). The van der Waals surface area contributed by atoms with Crippen molar-refractivity contribution in [3.63, 3.8) is 0 Å². The highest BCUT2D eigenvalue weighted by molar-refractivity contribution is 5.27. The summed E-state index contributed by atoms with van der Waals surface area (Å²) in [4.78, 5) is 8.26. The molecule has 0 atom stereocenters. The highest BCUT2D eigenvalue weighted by Gasteiger charge is 2.13. The summed E-state index contributed by atoms with van der Waals surface area (Å²) in [5, 5.41) is 7.48. The molecule has 0 aromatic carbocycles. The van der Waals surface area contributed by atoms with Crippen LogP contribution in [0.3, 0.4) is 0 Å². The molecule has 0 fully saturated rings. The van der Waals surface area contributed by atoms with Crippen molar-refractivity contribution in [3.8, 4) is 11.9 Å². The first kappa shape index (κ1) is 13.5. The summed E-state index contributed by atoms with van der Waals surface area (Å²) >= 11 is 0. The largest absolute Gasteiger partial charge is 0.404 e. The summed E-state index contributed by atoms with van der Waals surface area (Å²) in [6.45, 7) is 7.03. The summed E-state index contributed by atoms with van der Waals surface area (Å²) in [7, 11) is 1.79. The Morgan fingerprint density at radius 2 is 2.11 bits per heavy atom. The van der Waals surface area contributed by atoms with E-state index in [1.165, 1.54) is 0 Å². The fourth-order valence-electron chi connectivity index (χ4n) is 1.46. The zero-order valence-electron chi connectivity index (χ0n) is 11.7. The van der Waals surface area contributed by atoms with E-state index in [4.69, 9.17) is 4.74 Å². The van der Waals surface area contributed by atoms with Crippen LogP contribution in [-0.4, -0.2) is 25.3 Å². The lowest BCUT2D eigenvalue weighted by Crippen LogP contribution is -2.35. The monoisotopic (exact) mass is 261 g/mol. The Kier molecular flexibility index (Phi) is 3.80. The predicted molar refractivity (Wildman–Crippen MR) is 71.9 cm³/mol. The molecule has 2 aromatic rings. The van der Waals surface area contributed by atoms with E-state index in [0.29, 0.717) is 18.4 Å². The van der Waals surface area contributed by atoms with Crippen molar-refractivity contribution in [2.75, 3.05) is 0 Å². The lowest BCUT2D eigenvalue weighted by molar-refractivity contribution is 0.396. The van der Waals surface area contributed by atoms with Gasteiger partial charge in [0.2, 0.25) is 5.88 Å². The Bertz CT molecular complexity index is 544. The van der Waals surface area contributed by atoms with E-state index >= 15 is 0 Å². The Hall–Kier alpha value is -1.95. The summed E-state index contributed by atoms with van der Waals surface area (Å²) in [6.07, 6.45) is 3.28. The lowest BCUT2D eigenvalue weighted by Gasteiger charge is -2.21. The second kappa shape index (κ2) is 5.36. The summed E-state index contributed by atoms with van der Waals surface area (Å²) in [5.74, 6) is 0.533. The smallest absolute Gasteiger partial charge is 0.342 e. The number of ether oxygens (including phenoxy) is 1. The second-order valence-corrected chi connectivity index (χ2v) is 5.37. The van der Waals surface area contributed by atoms with Gasteiger partial charge in [0.1, 0.15) is 6.33 Å². The molecule has 0 aliphatic carbocycles. The molecule has 19 heavy (non-hydrogen) atoms. The van der Waals surface area contributed by atoms with Gasteiger partial charge in [0.05, 0.1) is 0 Å². The standard InChI is InChI=1S/C13H19N5O/c1-13(2,3)16-8-10-6-5-7-14-11(10)19-12-15-9-18(4)17-12/h5-7,9,16H,8H2,1-4H3. The number of pyridine rings is 1. The molecule has 2 heterocycles. The molecule has 1 N–H and O–H groups in total. The molecule has 0 bridgehead atoms. The molecular formula is C13H19N5O. The van der Waals surface area contributed by atoms with Crippen LogP contribution in [0.15, 0.2) is 24.7 Å². The van der Waals surface area contributed by atoms with E-state index in [0.717, 1.165) is 5.56 Å². The fourth-order valence-corrected chi connectivity index (χ4v) is 1.46. The molecule has 6 heteroatoms. The van der Waals surface area contributed by atoms with E-state index in [-0.39, 0.29) is 5.54 Å². The van der Waals surface area contributed by atoms with Gasteiger partial charge in [-0.05, 0) is 26.8 Å². The first-order valence-corrected chi connectivity index (χ1v) is 6.16.